The Balaban J connectivity index is 1.69. The van der Waals surface area contributed by atoms with Gasteiger partial charge in [0.15, 0.2) is 0 Å². The average Bonchev–Trinajstić information content (AvgIpc) is 2.74. The highest BCUT2D eigenvalue weighted by atomic mass is 16.5. The minimum absolute atomic E-state index is 0.286. The fourth-order valence-corrected chi connectivity index (χ4v) is 3.48. The number of aryl methyl sites for hydroxylation is 3. The summed E-state index contributed by atoms with van der Waals surface area (Å²) in [5.41, 5.74) is 4.31. The van der Waals surface area contributed by atoms with Gasteiger partial charge in [-0.15, -0.1) is 0 Å². The largest absolute Gasteiger partial charge is 0.476 e. The standard InChI is InChI=1S/C26H23NO4/c1-16-9-10-17(2)22(13-16)27-26(29)25(19-7-5-4-6-8-19)30-20-11-12-21-18(3)14-24(28)31-23(21)15-20/h4-15,25H,1-3H3,(H,27,29)/t25-/m0/s1. The maximum Gasteiger partial charge on any atom is 0.336 e. The van der Waals surface area contributed by atoms with E-state index in [0.717, 1.165) is 33.3 Å². The molecule has 0 aliphatic heterocycles. The van der Waals surface area contributed by atoms with E-state index in [0.29, 0.717) is 11.3 Å². The molecule has 0 radical (unpaired) electrons. The molecular formula is C26H23NO4. The third-order valence-corrected chi connectivity index (χ3v) is 5.17. The van der Waals surface area contributed by atoms with E-state index < -0.39 is 11.7 Å². The molecule has 5 heteroatoms. The molecule has 1 atom stereocenters. The van der Waals surface area contributed by atoms with Crippen LogP contribution in [0.4, 0.5) is 5.69 Å². The molecule has 1 aromatic heterocycles. The predicted octanol–water partition coefficient (Wildman–Crippen LogP) is 5.48. The zero-order valence-corrected chi connectivity index (χ0v) is 17.6. The van der Waals surface area contributed by atoms with Crippen molar-refractivity contribution in [3.05, 3.63) is 105 Å². The molecule has 0 spiro atoms. The van der Waals surface area contributed by atoms with Crippen LogP contribution in [0.15, 0.2) is 82.0 Å². The molecule has 0 saturated carbocycles. The van der Waals surface area contributed by atoms with Gasteiger partial charge < -0.3 is 14.5 Å². The Morgan fingerprint density at radius 1 is 0.903 bits per heavy atom. The number of benzene rings is 3. The van der Waals surface area contributed by atoms with Gasteiger partial charge in [0.05, 0.1) is 0 Å². The molecule has 1 heterocycles. The van der Waals surface area contributed by atoms with Crippen molar-refractivity contribution in [3.8, 4) is 5.75 Å². The summed E-state index contributed by atoms with van der Waals surface area (Å²) >= 11 is 0. The third-order valence-electron chi connectivity index (χ3n) is 5.17. The zero-order chi connectivity index (χ0) is 22.0. The highest BCUT2D eigenvalue weighted by Gasteiger charge is 2.24. The van der Waals surface area contributed by atoms with E-state index >= 15 is 0 Å². The minimum Gasteiger partial charge on any atom is -0.476 e. The van der Waals surface area contributed by atoms with Crippen LogP contribution in [0.2, 0.25) is 0 Å². The first kappa shape index (κ1) is 20.4. The molecule has 0 aliphatic carbocycles. The summed E-state index contributed by atoms with van der Waals surface area (Å²) in [6.07, 6.45) is -0.880. The molecule has 0 fully saturated rings. The highest BCUT2D eigenvalue weighted by Crippen LogP contribution is 2.28. The molecule has 3 aromatic carbocycles. The van der Waals surface area contributed by atoms with Gasteiger partial charge in [0.1, 0.15) is 11.3 Å². The van der Waals surface area contributed by atoms with Crippen LogP contribution >= 0.6 is 0 Å². The topological polar surface area (TPSA) is 68.5 Å². The molecule has 0 bridgehead atoms. The fourth-order valence-electron chi connectivity index (χ4n) is 3.48. The van der Waals surface area contributed by atoms with E-state index in [1.165, 1.54) is 6.07 Å². The van der Waals surface area contributed by atoms with E-state index in [9.17, 15) is 9.59 Å². The van der Waals surface area contributed by atoms with E-state index in [2.05, 4.69) is 5.32 Å². The summed E-state index contributed by atoms with van der Waals surface area (Å²) in [4.78, 5) is 25.0. The molecule has 1 amide bonds. The second kappa shape index (κ2) is 8.48. The fraction of sp³-hybridized carbons (Fsp3) is 0.154. The number of ether oxygens (including phenoxy) is 1. The first-order valence-electron chi connectivity index (χ1n) is 10.0. The van der Waals surface area contributed by atoms with Crippen LogP contribution in [0.3, 0.4) is 0 Å². The molecule has 31 heavy (non-hydrogen) atoms. The van der Waals surface area contributed by atoms with E-state index in [1.807, 2.05) is 75.4 Å². The Kier molecular flexibility index (Phi) is 5.58. The van der Waals surface area contributed by atoms with Crippen molar-refractivity contribution < 1.29 is 13.9 Å². The Morgan fingerprint density at radius 3 is 2.45 bits per heavy atom. The summed E-state index contributed by atoms with van der Waals surface area (Å²) in [5.74, 6) is 0.150. The number of nitrogens with one attached hydrogen (secondary N) is 1. The van der Waals surface area contributed by atoms with Crippen molar-refractivity contribution >= 4 is 22.6 Å². The van der Waals surface area contributed by atoms with Crippen LogP contribution in [-0.2, 0) is 4.79 Å². The van der Waals surface area contributed by atoms with Crippen LogP contribution in [0, 0.1) is 20.8 Å². The average molecular weight is 413 g/mol. The van der Waals surface area contributed by atoms with Crippen LogP contribution < -0.4 is 15.7 Å². The molecule has 0 unspecified atom stereocenters. The highest BCUT2D eigenvalue weighted by molar-refractivity contribution is 5.96. The molecule has 0 saturated heterocycles. The van der Waals surface area contributed by atoms with Gasteiger partial charge in [0.25, 0.3) is 5.91 Å². The third kappa shape index (κ3) is 4.51. The lowest BCUT2D eigenvalue weighted by Gasteiger charge is -2.20. The quantitative estimate of drug-likeness (QED) is 0.440. The Hall–Kier alpha value is -3.86. The first-order valence-corrected chi connectivity index (χ1v) is 10.0. The van der Waals surface area contributed by atoms with E-state index in [-0.39, 0.29) is 5.91 Å². The molecule has 4 aromatic rings. The van der Waals surface area contributed by atoms with Gasteiger partial charge >= 0.3 is 5.63 Å². The van der Waals surface area contributed by atoms with Gasteiger partial charge in [-0.3, -0.25) is 4.79 Å². The molecule has 156 valence electrons. The smallest absolute Gasteiger partial charge is 0.336 e. The van der Waals surface area contributed by atoms with Gasteiger partial charge in [-0.1, -0.05) is 42.5 Å². The van der Waals surface area contributed by atoms with Crippen molar-refractivity contribution in [2.45, 2.75) is 26.9 Å². The second-order valence-corrected chi connectivity index (χ2v) is 7.62. The second-order valence-electron chi connectivity index (χ2n) is 7.62. The number of anilines is 1. The number of hydrogen-bond donors (Lipinski definition) is 1. The Morgan fingerprint density at radius 2 is 1.68 bits per heavy atom. The van der Waals surface area contributed by atoms with Crippen molar-refractivity contribution in [1.29, 1.82) is 0 Å². The predicted molar refractivity (Wildman–Crippen MR) is 122 cm³/mol. The summed E-state index contributed by atoms with van der Waals surface area (Å²) in [7, 11) is 0. The monoisotopic (exact) mass is 413 g/mol. The lowest BCUT2D eigenvalue weighted by atomic mass is 10.1. The number of carbonyl (C=O) groups is 1. The number of hydrogen-bond acceptors (Lipinski definition) is 4. The Labute approximate surface area is 180 Å². The van der Waals surface area contributed by atoms with Crippen molar-refractivity contribution in [3.63, 3.8) is 0 Å². The lowest BCUT2D eigenvalue weighted by molar-refractivity contribution is -0.123. The van der Waals surface area contributed by atoms with Gasteiger partial charge in [0, 0.05) is 28.8 Å². The van der Waals surface area contributed by atoms with Crippen molar-refractivity contribution in [1.82, 2.24) is 0 Å². The zero-order valence-electron chi connectivity index (χ0n) is 17.6. The summed E-state index contributed by atoms with van der Waals surface area (Å²) in [6, 6.07) is 21.9. The van der Waals surface area contributed by atoms with Gasteiger partial charge in [-0.25, -0.2) is 4.79 Å². The maximum atomic E-state index is 13.2. The van der Waals surface area contributed by atoms with Crippen molar-refractivity contribution in [2.75, 3.05) is 5.32 Å². The molecule has 1 N–H and O–H groups in total. The minimum atomic E-state index is -0.880. The molecule has 0 aliphatic rings. The number of fused-ring (bicyclic) bond motifs is 1. The van der Waals surface area contributed by atoms with Gasteiger partial charge in [0.2, 0.25) is 6.10 Å². The van der Waals surface area contributed by atoms with E-state index in [1.54, 1.807) is 12.1 Å². The molecular weight excluding hydrogens is 390 g/mol. The Bertz CT molecular complexity index is 1310. The van der Waals surface area contributed by atoms with Gasteiger partial charge in [-0.2, -0.15) is 0 Å². The normalized spacial score (nSPS) is 11.8. The summed E-state index contributed by atoms with van der Waals surface area (Å²) < 4.78 is 11.4. The van der Waals surface area contributed by atoms with Crippen molar-refractivity contribution in [2.24, 2.45) is 0 Å². The number of amides is 1. The van der Waals surface area contributed by atoms with Gasteiger partial charge in [-0.05, 0) is 55.7 Å². The van der Waals surface area contributed by atoms with Crippen LogP contribution in [0.1, 0.15) is 28.4 Å². The number of carbonyl (C=O) groups excluding carboxylic acids is 1. The lowest BCUT2D eigenvalue weighted by Crippen LogP contribution is -2.26. The van der Waals surface area contributed by atoms with E-state index in [4.69, 9.17) is 9.15 Å². The van der Waals surface area contributed by atoms with Crippen LogP contribution in [0.5, 0.6) is 5.75 Å². The van der Waals surface area contributed by atoms with Crippen LogP contribution in [0.25, 0.3) is 11.0 Å². The first-order chi connectivity index (χ1) is 14.9. The number of rotatable bonds is 5. The SMILES string of the molecule is Cc1ccc(C)c(NC(=O)[C@@H](Oc2ccc3c(C)cc(=O)oc3c2)c2ccccc2)c1. The molecule has 4 rings (SSSR count). The maximum absolute atomic E-state index is 13.2. The molecule has 5 nitrogen and oxygen atoms in total. The summed E-state index contributed by atoms with van der Waals surface area (Å²) in [6.45, 7) is 5.77. The summed E-state index contributed by atoms with van der Waals surface area (Å²) in [5, 5.41) is 3.81. The van der Waals surface area contributed by atoms with Crippen LogP contribution in [-0.4, -0.2) is 5.91 Å².